The smallest absolute Gasteiger partial charge is 0.399 e. The first-order chi connectivity index (χ1) is 8.79. The molecule has 0 saturated carbocycles. The van der Waals surface area contributed by atoms with Crippen molar-refractivity contribution in [3.63, 3.8) is 0 Å². The first kappa shape index (κ1) is 13.5. The summed E-state index contributed by atoms with van der Waals surface area (Å²) < 4.78 is 38.9. The summed E-state index contributed by atoms with van der Waals surface area (Å²) in [5, 5.41) is 0. The van der Waals surface area contributed by atoms with E-state index in [0.29, 0.717) is 13.1 Å². The summed E-state index contributed by atoms with van der Waals surface area (Å²) >= 11 is 0. The normalized spacial score (nSPS) is 16.9. The molecule has 1 aromatic carbocycles. The highest BCUT2D eigenvalue weighted by Crippen LogP contribution is 2.38. The molecule has 7 heteroatoms. The van der Waals surface area contributed by atoms with Gasteiger partial charge in [0, 0.05) is 31.5 Å². The van der Waals surface area contributed by atoms with Gasteiger partial charge in [-0.25, -0.2) is 0 Å². The topological polar surface area (TPSA) is 49.6 Å². The molecule has 19 heavy (non-hydrogen) atoms. The second-order valence-corrected chi connectivity index (χ2v) is 4.51. The van der Waals surface area contributed by atoms with Crippen LogP contribution in [0.25, 0.3) is 0 Å². The average molecular weight is 273 g/mol. The van der Waals surface area contributed by atoms with Gasteiger partial charge in [0.05, 0.1) is 12.1 Å². The number of hydrogen-bond donors (Lipinski definition) is 1. The Kier molecular flexibility index (Phi) is 3.30. The number of benzene rings is 1. The SMILES string of the molecule is CN1CCN(c2ccc(N)cc2C(F)(F)F)CC1=O. The Morgan fingerprint density at radius 2 is 1.95 bits per heavy atom. The Morgan fingerprint density at radius 1 is 1.26 bits per heavy atom. The fourth-order valence-corrected chi connectivity index (χ4v) is 2.02. The van der Waals surface area contributed by atoms with Crippen LogP contribution >= 0.6 is 0 Å². The van der Waals surface area contributed by atoms with E-state index in [1.54, 1.807) is 7.05 Å². The molecular formula is C12H14F3N3O. The molecule has 0 aliphatic carbocycles. The van der Waals surface area contributed by atoms with Crippen LogP contribution in [0.4, 0.5) is 24.5 Å². The van der Waals surface area contributed by atoms with Gasteiger partial charge in [0.25, 0.3) is 0 Å². The highest BCUT2D eigenvalue weighted by Gasteiger charge is 2.36. The van der Waals surface area contributed by atoms with Crippen LogP contribution in [-0.4, -0.2) is 37.5 Å². The monoisotopic (exact) mass is 273 g/mol. The summed E-state index contributed by atoms with van der Waals surface area (Å²) in [6.07, 6.45) is -4.49. The quantitative estimate of drug-likeness (QED) is 0.790. The van der Waals surface area contributed by atoms with Gasteiger partial charge in [-0.1, -0.05) is 0 Å². The maximum Gasteiger partial charge on any atom is 0.418 e. The van der Waals surface area contributed by atoms with Gasteiger partial charge in [0.2, 0.25) is 5.91 Å². The Balaban J connectivity index is 2.37. The highest BCUT2D eigenvalue weighted by atomic mass is 19.4. The number of nitrogen functional groups attached to an aromatic ring is 1. The third kappa shape index (κ3) is 2.74. The van der Waals surface area contributed by atoms with Gasteiger partial charge in [-0.2, -0.15) is 13.2 Å². The molecule has 1 heterocycles. The lowest BCUT2D eigenvalue weighted by molar-refractivity contribution is -0.137. The molecule has 1 aromatic rings. The molecule has 0 radical (unpaired) electrons. The summed E-state index contributed by atoms with van der Waals surface area (Å²) in [6, 6.07) is 3.63. The predicted molar refractivity (Wildman–Crippen MR) is 65.7 cm³/mol. The maximum atomic E-state index is 13.0. The van der Waals surface area contributed by atoms with E-state index in [9.17, 15) is 18.0 Å². The fourth-order valence-electron chi connectivity index (χ4n) is 2.02. The second-order valence-electron chi connectivity index (χ2n) is 4.51. The number of piperazine rings is 1. The van der Waals surface area contributed by atoms with Crippen LogP contribution in [0.5, 0.6) is 0 Å². The molecule has 1 aliphatic rings. The molecular weight excluding hydrogens is 259 g/mol. The molecule has 0 aromatic heterocycles. The molecule has 0 unspecified atom stereocenters. The lowest BCUT2D eigenvalue weighted by Crippen LogP contribution is -2.49. The Morgan fingerprint density at radius 3 is 2.53 bits per heavy atom. The number of rotatable bonds is 1. The molecule has 2 rings (SSSR count). The highest BCUT2D eigenvalue weighted by molar-refractivity contribution is 5.83. The number of alkyl halides is 3. The molecule has 4 nitrogen and oxygen atoms in total. The summed E-state index contributed by atoms with van der Waals surface area (Å²) in [7, 11) is 1.63. The predicted octanol–water partition coefficient (Wildman–Crippen LogP) is 1.57. The number of carbonyl (C=O) groups excluding carboxylic acids is 1. The van der Waals surface area contributed by atoms with Crippen LogP contribution in [0.15, 0.2) is 18.2 Å². The zero-order chi connectivity index (χ0) is 14.2. The van der Waals surface area contributed by atoms with E-state index in [4.69, 9.17) is 5.73 Å². The zero-order valence-corrected chi connectivity index (χ0v) is 10.4. The standard InChI is InChI=1S/C12H14F3N3O/c1-17-4-5-18(7-11(17)19)10-3-2-8(16)6-9(10)12(13,14)15/h2-3,6H,4-5,7,16H2,1H3. The van der Waals surface area contributed by atoms with Crippen LogP contribution in [0.2, 0.25) is 0 Å². The minimum atomic E-state index is -4.49. The Bertz CT molecular complexity index is 501. The van der Waals surface area contributed by atoms with E-state index in [0.717, 1.165) is 6.07 Å². The fraction of sp³-hybridized carbons (Fsp3) is 0.417. The van der Waals surface area contributed by atoms with E-state index in [1.165, 1.54) is 21.9 Å². The van der Waals surface area contributed by atoms with E-state index < -0.39 is 11.7 Å². The van der Waals surface area contributed by atoms with E-state index in [-0.39, 0.29) is 23.8 Å². The zero-order valence-electron chi connectivity index (χ0n) is 10.4. The minimum absolute atomic E-state index is 0.00292. The van der Waals surface area contributed by atoms with Crippen LogP contribution in [-0.2, 0) is 11.0 Å². The van der Waals surface area contributed by atoms with Crippen molar-refractivity contribution in [3.05, 3.63) is 23.8 Å². The third-order valence-electron chi connectivity index (χ3n) is 3.12. The van der Waals surface area contributed by atoms with Gasteiger partial charge in [-0.3, -0.25) is 4.79 Å². The van der Waals surface area contributed by atoms with Crippen molar-refractivity contribution >= 4 is 17.3 Å². The van der Waals surface area contributed by atoms with Crippen molar-refractivity contribution in [2.75, 3.05) is 37.3 Å². The number of likely N-dealkylation sites (N-methyl/N-ethyl adjacent to an activating group) is 1. The van der Waals surface area contributed by atoms with E-state index >= 15 is 0 Å². The van der Waals surface area contributed by atoms with E-state index in [1.807, 2.05) is 0 Å². The number of nitrogens with zero attached hydrogens (tertiary/aromatic N) is 2. The van der Waals surface area contributed by atoms with Gasteiger partial charge in [-0.05, 0) is 18.2 Å². The number of carbonyl (C=O) groups is 1. The first-order valence-corrected chi connectivity index (χ1v) is 5.74. The van der Waals surface area contributed by atoms with Gasteiger partial charge in [-0.15, -0.1) is 0 Å². The van der Waals surface area contributed by atoms with Crippen molar-refractivity contribution in [3.8, 4) is 0 Å². The van der Waals surface area contributed by atoms with Crippen molar-refractivity contribution in [2.24, 2.45) is 0 Å². The van der Waals surface area contributed by atoms with Gasteiger partial charge in [0.1, 0.15) is 0 Å². The van der Waals surface area contributed by atoms with Crippen molar-refractivity contribution in [1.29, 1.82) is 0 Å². The molecule has 1 fully saturated rings. The largest absolute Gasteiger partial charge is 0.418 e. The minimum Gasteiger partial charge on any atom is -0.399 e. The maximum absolute atomic E-state index is 13.0. The molecule has 1 amide bonds. The molecule has 1 saturated heterocycles. The first-order valence-electron chi connectivity index (χ1n) is 5.74. The number of amides is 1. The summed E-state index contributed by atoms with van der Waals surface area (Å²) in [6.45, 7) is 0.721. The average Bonchev–Trinajstić information content (AvgIpc) is 2.32. The molecule has 0 bridgehead atoms. The molecule has 1 aliphatic heterocycles. The van der Waals surface area contributed by atoms with Gasteiger partial charge >= 0.3 is 6.18 Å². The van der Waals surface area contributed by atoms with Crippen LogP contribution in [0, 0.1) is 0 Å². The third-order valence-corrected chi connectivity index (χ3v) is 3.12. The van der Waals surface area contributed by atoms with Gasteiger partial charge < -0.3 is 15.5 Å². The van der Waals surface area contributed by atoms with Crippen LogP contribution in [0.3, 0.4) is 0 Å². The molecule has 0 atom stereocenters. The molecule has 2 N–H and O–H groups in total. The van der Waals surface area contributed by atoms with Crippen molar-refractivity contribution in [2.45, 2.75) is 6.18 Å². The summed E-state index contributed by atoms with van der Waals surface area (Å²) in [5.41, 5.74) is 4.66. The van der Waals surface area contributed by atoms with Gasteiger partial charge in [0.15, 0.2) is 0 Å². The van der Waals surface area contributed by atoms with E-state index in [2.05, 4.69) is 0 Å². The van der Waals surface area contributed by atoms with Crippen LogP contribution in [0.1, 0.15) is 5.56 Å². The molecule has 0 spiro atoms. The lowest BCUT2D eigenvalue weighted by atomic mass is 10.1. The van der Waals surface area contributed by atoms with Crippen LogP contribution < -0.4 is 10.6 Å². The number of halogens is 3. The van der Waals surface area contributed by atoms with Crippen molar-refractivity contribution in [1.82, 2.24) is 4.90 Å². The number of hydrogen-bond acceptors (Lipinski definition) is 3. The number of nitrogens with two attached hydrogens (primary N) is 1. The lowest BCUT2D eigenvalue weighted by Gasteiger charge is -2.34. The second kappa shape index (κ2) is 4.64. The number of anilines is 2. The molecule has 104 valence electrons. The summed E-state index contributed by atoms with van der Waals surface area (Å²) in [4.78, 5) is 14.5. The Labute approximate surface area is 108 Å². The summed E-state index contributed by atoms with van der Waals surface area (Å²) in [5.74, 6) is -0.198. The Hall–Kier alpha value is -1.92. The van der Waals surface area contributed by atoms with Crippen molar-refractivity contribution < 1.29 is 18.0 Å².